The Morgan fingerprint density at radius 3 is 2.78 bits per heavy atom. The minimum absolute atomic E-state index is 0. The van der Waals surface area contributed by atoms with Gasteiger partial charge in [0.1, 0.15) is 5.82 Å². The maximum Gasteiger partial charge on any atom is 0.137 e. The van der Waals surface area contributed by atoms with E-state index in [0.717, 1.165) is 31.6 Å². The Morgan fingerprint density at radius 2 is 2.22 bits per heavy atom. The summed E-state index contributed by atoms with van der Waals surface area (Å²) in [4.78, 5) is 2.38. The van der Waals surface area contributed by atoms with Crippen molar-refractivity contribution < 1.29 is 4.39 Å². The second-order valence-corrected chi connectivity index (χ2v) is 5.72. The lowest BCUT2D eigenvalue weighted by molar-refractivity contribution is 0.255. The summed E-state index contributed by atoms with van der Waals surface area (Å²) in [6, 6.07) is 5.88. The quantitative estimate of drug-likeness (QED) is 0.918. The molecule has 2 rings (SSSR count). The molecule has 0 aliphatic carbocycles. The number of rotatable bonds is 3. The van der Waals surface area contributed by atoms with Crippen LogP contribution in [0.4, 0.5) is 4.39 Å². The summed E-state index contributed by atoms with van der Waals surface area (Å²) in [6.07, 6.45) is 1.15. The third-order valence-electron chi connectivity index (χ3n) is 3.49. The highest BCUT2D eigenvalue weighted by molar-refractivity contribution is 9.10. The molecule has 0 saturated carbocycles. The number of halogens is 3. The maximum absolute atomic E-state index is 13.4. The van der Waals surface area contributed by atoms with Crippen molar-refractivity contribution in [1.29, 1.82) is 0 Å². The van der Waals surface area contributed by atoms with Crippen molar-refractivity contribution in [2.24, 2.45) is 11.7 Å². The van der Waals surface area contributed by atoms with E-state index in [1.54, 1.807) is 12.1 Å². The normalized spacial score (nSPS) is 24.0. The highest BCUT2D eigenvalue weighted by Gasteiger charge is 2.27. The first-order valence-corrected chi connectivity index (χ1v) is 6.77. The lowest BCUT2D eigenvalue weighted by Gasteiger charge is -2.21. The van der Waals surface area contributed by atoms with Crippen molar-refractivity contribution in [3.63, 3.8) is 0 Å². The lowest BCUT2D eigenvalue weighted by Crippen LogP contribution is -2.27. The predicted octanol–water partition coefficient (Wildman–Crippen LogP) is 3.18. The average Bonchev–Trinajstić information content (AvgIpc) is 2.65. The van der Waals surface area contributed by atoms with Gasteiger partial charge in [-0.1, -0.05) is 6.07 Å². The van der Waals surface area contributed by atoms with Crippen LogP contribution in [0.1, 0.15) is 18.9 Å². The molecule has 2 atom stereocenters. The molecule has 1 fully saturated rings. The minimum atomic E-state index is -0.190. The number of likely N-dealkylation sites (tertiary alicyclic amines) is 1. The fourth-order valence-corrected chi connectivity index (χ4v) is 2.73. The van der Waals surface area contributed by atoms with Gasteiger partial charge in [-0.05, 0) is 59.4 Å². The molecule has 0 aromatic heterocycles. The van der Waals surface area contributed by atoms with Crippen LogP contribution in [0.2, 0.25) is 0 Å². The fraction of sp³-hybridized carbons (Fsp3) is 0.538. The Kier molecular flexibility index (Phi) is 6.05. The van der Waals surface area contributed by atoms with Crippen LogP contribution in [-0.4, -0.2) is 24.0 Å². The highest BCUT2D eigenvalue weighted by atomic mass is 79.9. The lowest BCUT2D eigenvalue weighted by atomic mass is 10.1. The number of hydrogen-bond donors (Lipinski definition) is 1. The number of benzene rings is 1. The van der Waals surface area contributed by atoms with Gasteiger partial charge in [-0.2, -0.15) is 0 Å². The van der Waals surface area contributed by atoms with E-state index in [2.05, 4.69) is 27.8 Å². The summed E-state index contributed by atoms with van der Waals surface area (Å²) in [7, 11) is 0. The molecule has 18 heavy (non-hydrogen) atoms. The summed E-state index contributed by atoms with van der Waals surface area (Å²) in [6.45, 7) is 4.79. The van der Waals surface area contributed by atoms with Crippen LogP contribution >= 0.6 is 28.3 Å². The molecule has 5 heteroatoms. The summed E-state index contributed by atoms with van der Waals surface area (Å²) < 4.78 is 13.9. The Bertz CT molecular complexity index is 403. The number of hydrogen-bond acceptors (Lipinski definition) is 2. The fourth-order valence-electron chi connectivity index (χ4n) is 2.48. The molecule has 1 aromatic rings. The second-order valence-electron chi connectivity index (χ2n) is 4.86. The first-order chi connectivity index (χ1) is 8.10. The van der Waals surface area contributed by atoms with Crippen LogP contribution in [-0.2, 0) is 6.54 Å². The van der Waals surface area contributed by atoms with E-state index in [9.17, 15) is 4.39 Å². The molecular formula is C13H19BrClFN2. The smallest absolute Gasteiger partial charge is 0.137 e. The number of nitrogens with two attached hydrogens (primary N) is 1. The van der Waals surface area contributed by atoms with Crippen LogP contribution in [0.3, 0.4) is 0 Å². The van der Waals surface area contributed by atoms with E-state index < -0.39 is 0 Å². The summed E-state index contributed by atoms with van der Waals surface area (Å²) >= 11 is 3.17. The zero-order chi connectivity index (χ0) is 12.4. The molecule has 2 unspecified atom stereocenters. The van der Waals surface area contributed by atoms with Gasteiger partial charge in [0.2, 0.25) is 0 Å². The molecular weight excluding hydrogens is 319 g/mol. The van der Waals surface area contributed by atoms with E-state index >= 15 is 0 Å². The summed E-state index contributed by atoms with van der Waals surface area (Å²) in [5.41, 5.74) is 6.73. The minimum Gasteiger partial charge on any atom is -0.330 e. The van der Waals surface area contributed by atoms with Gasteiger partial charge in [0.25, 0.3) is 0 Å². The van der Waals surface area contributed by atoms with Gasteiger partial charge in [0, 0.05) is 19.1 Å². The monoisotopic (exact) mass is 336 g/mol. The van der Waals surface area contributed by atoms with Gasteiger partial charge >= 0.3 is 0 Å². The molecule has 1 aliphatic rings. The van der Waals surface area contributed by atoms with Crippen molar-refractivity contribution in [2.45, 2.75) is 25.9 Å². The van der Waals surface area contributed by atoms with Crippen molar-refractivity contribution in [3.8, 4) is 0 Å². The summed E-state index contributed by atoms with van der Waals surface area (Å²) in [5.74, 6) is 0.398. The van der Waals surface area contributed by atoms with Crippen LogP contribution in [0.15, 0.2) is 22.7 Å². The molecule has 0 spiro atoms. The SMILES string of the molecule is CC1CC(CN)CN1Cc1ccc(Br)c(F)c1.Cl. The van der Waals surface area contributed by atoms with E-state index in [0.29, 0.717) is 16.4 Å². The first kappa shape index (κ1) is 15.9. The Labute approximate surface area is 122 Å². The van der Waals surface area contributed by atoms with Gasteiger partial charge in [0.05, 0.1) is 4.47 Å². The molecule has 0 radical (unpaired) electrons. The highest BCUT2D eigenvalue weighted by Crippen LogP contribution is 2.25. The molecule has 2 N–H and O–H groups in total. The van der Waals surface area contributed by atoms with Crippen molar-refractivity contribution in [1.82, 2.24) is 4.90 Å². The zero-order valence-corrected chi connectivity index (χ0v) is 12.8. The second kappa shape index (κ2) is 6.85. The topological polar surface area (TPSA) is 29.3 Å². The van der Waals surface area contributed by atoms with Crippen LogP contribution in [0, 0.1) is 11.7 Å². The van der Waals surface area contributed by atoms with Gasteiger partial charge in [-0.25, -0.2) is 4.39 Å². The van der Waals surface area contributed by atoms with E-state index in [1.165, 1.54) is 0 Å². The Balaban J connectivity index is 0.00000162. The summed E-state index contributed by atoms with van der Waals surface area (Å²) in [5, 5.41) is 0. The molecule has 0 amide bonds. The van der Waals surface area contributed by atoms with Crippen LogP contribution in [0.5, 0.6) is 0 Å². The van der Waals surface area contributed by atoms with Crippen LogP contribution in [0.25, 0.3) is 0 Å². The van der Waals surface area contributed by atoms with Crippen molar-refractivity contribution in [2.75, 3.05) is 13.1 Å². The van der Waals surface area contributed by atoms with Gasteiger partial charge < -0.3 is 5.73 Å². The van der Waals surface area contributed by atoms with E-state index in [4.69, 9.17) is 5.73 Å². The zero-order valence-electron chi connectivity index (χ0n) is 10.4. The van der Waals surface area contributed by atoms with Gasteiger partial charge in [-0.3, -0.25) is 4.90 Å². The standard InChI is InChI=1S/C13H18BrFN2.ClH/c1-9-4-11(6-16)8-17(9)7-10-2-3-12(14)13(15)5-10;/h2-3,5,9,11H,4,6-8,16H2,1H3;1H. The molecule has 2 nitrogen and oxygen atoms in total. The third kappa shape index (κ3) is 3.67. The molecule has 0 bridgehead atoms. The third-order valence-corrected chi connectivity index (χ3v) is 4.14. The maximum atomic E-state index is 13.4. The first-order valence-electron chi connectivity index (χ1n) is 5.98. The Morgan fingerprint density at radius 1 is 1.50 bits per heavy atom. The average molecular weight is 338 g/mol. The molecule has 1 heterocycles. The van der Waals surface area contributed by atoms with Crippen molar-refractivity contribution in [3.05, 3.63) is 34.1 Å². The van der Waals surface area contributed by atoms with Crippen molar-refractivity contribution >= 4 is 28.3 Å². The molecule has 1 aromatic carbocycles. The van der Waals surface area contributed by atoms with Gasteiger partial charge in [0.15, 0.2) is 0 Å². The largest absolute Gasteiger partial charge is 0.330 e. The van der Waals surface area contributed by atoms with Crippen LogP contribution < -0.4 is 5.73 Å². The van der Waals surface area contributed by atoms with Gasteiger partial charge in [-0.15, -0.1) is 12.4 Å². The molecule has 1 saturated heterocycles. The molecule has 1 aliphatic heterocycles. The predicted molar refractivity (Wildman–Crippen MR) is 78.4 cm³/mol. The Hall–Kier alpha value is -0.160. The van der Waals surface area contributed by atoms with E-state index in [-0.39, 0.29) is 18.2 Å². The molecule has 102 valence electrons. The van der Waals surface area contributed by atoms with E-state index in [1.807, 2.05) is 6.07 Å². The number of nitrogens with zero attached hydrogens (tertiary/aromatic N) is 1.